The summed E-state index contributed by atoms with van der Waals surface area (Å²) in [5.41, 5.74) is 8.82. The highest BCUT2D eigenvalue weighted by atomic mass is 35.5. The van der Waals surface area contributed by atoms with Crippen LogP contribution in [0.4, 0.5) is 9.18 Å². The fourth-order valence-corrected chi connectivity index (χ4v) is 4.89. The Balaban J connectivity index is 0.00000180. The van der Waals surface area contributed by atoms with Crippen molar-refractivity contribution < 1.29 is 13.9 Å². The lowest BCUT2D eigenvalue weighted by molar-refractivity contribution is -0.210. The van der Waals surface area contributed by atoms with Crippen molar-refractivity contribution >= 4 is 18.5 Å². The molecule has 3 fully saturated rings. The number of rotatable bonds is 2. The molecule has 0 radical (unpaired) electrons. The van der Waals surface area contributed by atoms with Crippen LogP contribution >= 0.6 is 12.4 Å². The molecule has 1 amide bonds. The summed E-state index contributed by atoms with van der Waals surface area (Å²) in [6, 6.07) is 14.2. The standard InChI is InChI=1S/C21H21FN2O2.ClH/c22-16-7-5-15(6-8-16)18-17-4-2-1-3-14(17)9-10-24(18)19(25)26-21-11-20(23,12-21)13-21;/h1-8,18H,9-13,23H2;1H/t18-,20?,21?;/m0./s1. The zero-order chi connectivity index (χ0) is 17.9. The second-order valence-electron chi connectivity index (χ2n) is 8.04. The normalized spacial score (nSPS) is 30.3. The first kappa shape index (κ1) is 18.3. The van der Waals surface area contributed by atoms with Gasteiger partial charge in [-0.3, -0.25) is 4.90 Å². The molecule has 0 aromatic heterocycles. The minimum atomic E-state index is -0.351. The van der Waals surface area contributed by atoms with Gasteiger partial charge in [-0.1, -0.05) is 36.4 Å². The number of amides is 1. The van der Waals surface area contributed by atoms with Gasteiger partial charge in [-0.15, -0.1) is 12.4 Å². The molecule has 2 aromatic rings. The van der Waals surface area contributed by atoms with Crippen LogP contribution in [0.2, 0.25) is 0 Å². The van der Waals surface area contributed by atoms with Gasteiger partial charge in [0.25, 0.3) is 0 Å². The van der Waals surface area contributed by atoms with E-state index in [1.807, 2.05) is 18.2 Å². The average molecular weight is 389 g/mol. The predicted octanol–water partition coefficient (Wildman–Crippen LogP) is 3.97. The molecular weight excluding hydrogens is 367 g/mol. The number of carbonyl (C=O) groups is 1. The predicted molar refractivity (Wildman–Crippen MR) is 102 cm³/mol. The summed E-state index contributed by atoms with van der Waals surface area (Å²) >= 11 is 0. The van der Waals surface area contributed by atoms with Crippen molar-refractivity contribution in [2.24, 2.45) is 5.73 Å². The van der Waals surface area contributed by atoms with Crippen LogP contribution in [-0.4, -0.2) is 28.7 Å². The van der Waals surface area contributed by atoms with Crippen LogP contribution in [0.1, 0.15) is 42.0 Å². The molecule has 3 aliphatic carbocycles. The molecule has 4 nitrogen and oxygen atoms in total. The van der Waals surface area contributed by atoms with E-state index in [0.29, 0.717) is 6.54 Å². The number of nitrogens with zero attached hydrogens (tertiary/aromatic N) is 1. The van der Waals surface area contributed by atoms with Crippen molar-refractivity contribution in [3.63, 3.8) is 0 Å². The van der Waals surface area contributed by atoms with E-state index in [4.69, 9.17) is 10.5 Å². The maximum Gasteiger partial charge on any atom is 0.411 e. The molecule has 0 unspecified atom stereocenters. The van der Waals surface area contributed by atoms with Crippen LogP contribution in [0.3, 0.4) is 0 Å². The highest BCUT2D eigenvalue weighted by Crippen LogP contribution is 2.61. The summed E-state index contributed by atoms with van der Waals surface area (Å²) in [5.74, 6) is -0.283. The highest BCUT2D eigenvalue weighted by Gasteiger charge is 2.69. The molecule has 6 heteroatoms. The van der Waals surface area contributed by atoms with Gasteiger partial charge in [0.1, 0.15) is 11.4 Å². The molecule has 2 bridgehead atoms. The molecule has 142 valence electrons. The molecule has 1 aliphatic heterocycles. The lowest BCUT2D eigenvalue weighted by Crippen LogP contribution is -2.78. The van der Waals surface area contributed by atoms with Gasteiger partial charge in [0.15, 0.2) is 0 Å². The number of halogens is 2. The maximum atomic E-state index is 13.4. The summed E-state index contributed by atoms with van der Waals surface area (Å²) in [4.78, 5) is 14.8. The second-order valence-corrected chi connectivity index (χ2v) is 8.04. The number of hydrogen-bond donors (Lipinski definition) is 1. The molecule has 2 aromatic carbocycles. The zero-order valence-electron chi connectivity index (χ0n) is 14.9. The molecule has 2 N–H and O–H groups in total. The van der Waals surface area contributed by atoms with Crippen molar-refractivity contribution in [3.05, 3.63) is 71.0 Å². The molecular formula is C21H22ClFN2O2. The number of hydrogen-bond acceptors (Lipinski definition) is 3. The van der Waals surface area contributed by atoms with Crippen molar-refractivity contribution in [3.8, 4) is 0 Å². The summed E-state index contributed by atoms with van der Waals surface area (Å²) in [6.07, 6.45) is 2.78. The molecule has 0 saturated heterocycles. The van der Waals surface area contributed by atoms with E-state index in [1.165, 1.54) is 17.7 Å². The van der Waals surface area contributed by atoms with Gasteiger partial charge in [0, 0.05) is 31.3 Å². The SMILES string of the molecule is Cl.NC12CC(OC(=O)N3CCc4ccccc4[C@@H]3c3ccc(F)cc3)(C1)C2. The Morgan fingerprint density at radius 3 is 2.44 bits per heavy atom. The summed E-state index contributed by atoms with van der Waals surface area (Å²) in [5, 5.41) is 0. The topological polar surface area (TPSA) is 55.6 Å². The van der Waals surface area contributed by atoms with Crippen LogP contribution in [0.15, 0.2) is 48.5 Å². The van der Waals surface area contributed by atoms with Crippen molar-refractivity contribution in [2.45, 2.75) is 42.9 Å². The highest BCUT2D eigenvalue weighted by molar-refractivity contribution is 5.85. The van der Waals surface area contributed by atoms with E-state index in [2.05, 4.69) is 6.07 Å². The van der Waals surface area contributed by atoms with Crippen LogP contribution in [0, 0.1) is 5.82 Å². The molecule has 0 spiro atoms. The molecule has 3 saturated carbocycles. The molecule has 6 rings (SSSR count). The van der Waals surface area contributed by atoms with E-state index in [9.17, 15) is 9.18 Å². The monoisotopic (exact) mass is 388 g/mol. The quantitative estimate of drug-likeness (QED) is 0.847. The average Bonchev–Trinajstić information content (AvgIpc) is 2.59. The van der Waals surface area contributed by atoms with Crippen LogP contribution < -0.4 is 5.73 Å². The lowest BCUT2D eigenvalue weighted by Gasteiger charge is -2.67. The fraction of sp³-hybridized carbons (Fsp3) is 0.381. The van der Waals surface area contributed by atoms with Gasteiger partial charge in [-0.25, -0.2) is 9.18 Å². The Morgan fingerprint density at radius 2 is 1.78 bits per heavy atom. The summed E-state index contributed by atoms with van der Waals surface area (Å²) < 4.78 is 19.3. The number of benzene rings is 2. The summed E-state index contributed by atoms with van der Waals surface area (Å²) in [6.45, 7) is 0.585. The summed E-state index contributed by atoms with van der Waals surface area (Å²) in [7, 11) is 0. The minimum Gasteiger partial charge on any atom is -0.443 e. The Kier molecular flexibility index (Phi) is 4.20. The van der Waals surface area contributed by atoms with Gasteiger partial charge in [-0.2, -0.15) is 0 Å². The van der Waals surface area contributed by atoms with Gasteiger partial charge in [-0.05, 0) is 35.2 Å². The zero-order valence-corrected chi connectivity index (χ0v) is 15.7. The minimum absolute atomic E-state index is 0. The van der Waals surface area contributed by atoms with E-state index in [1.54, 1.807) is 17.0 Å². The third-order valence-electron chi connectivity index (χ3n) is 6.03. The van der Waals surface area contributed by atoms with Crippen molar-refractivity contribution in [1.82, 2.24) is 4.90 Å². The molecule has 4 aliphatic rings. The third-order valence-corrected chi connectivity index (χ3v) is 6.03. The molecule has 27 heavy (non-hydrogen) atoms. The van der Waals surface area contributed by atoms with Crippen LogP contribution in [0.25, 0.3) is 0 Å². The fourth-order valence-electron chi connectivity index (χ4n) is 4.89. The van der Waals surface area contributed by atoms with E-state index in [0.717, 1.165) is 36.8 Å². The Labute approximate surface area is 163 Å². The number of carbonyl (C=O) groups excluding carboxylic acids is 1. The molecule has 1 heterocycles. The van der Waals surface area contributed by atoms with Gasteiger partial charge in [0.05, 0.1) is 6.04 Å². The van der Waals surface area contributed by atoms with Gasteiger partial charge < -0.3 is 10.5 Å². The molecule has 1 atom stereocenters. The second kappa shape index (κ2) is 6.21. The first-order chi connectivity index (χ1) is 12.5. The maximum absolute atomic E-state index is 13.4. The van der Waals surface area contributed by atoms with Crippen molar-refractivity contribution in [2.75, 3.05) is 6.54 Å². The van der Waals surface area contributed by atoms with Crippen molar-refractivity contribution in [1.29, 1.82) is 0 Å². The Morgan fingerprint density at radius 1 is 1.11 bits per heavy atom. The number of nitrogens with two attached hydrogens (primary N) is 1. The smallest absolute Gasteiger partial charge is 0.411 e. The lowest BCUT2D eigenvalue weighted by atomic mass is 9.46. The first-order valence-electron chi connectivity index (χ1n) is 9.09. The third kappa shape index (κ3) is 2.89. The van der Waals surface area contributed by atoms with Gasteiger partial charge >= 0.3 is 6.09 Å². The number of ether oxygens (including phenoxy) is 1. The number of fused-ring (bicyclic) bond motifs is 1. The Hall–Kier alpha value is -2.11. The van der Waals surface area contributed by atoms with Gasteiger partial charge in [0.2, 0.25) is 0 Å². The van der Waals surface area contributed by atoms with E-state index >= 15 is 0 Å². The Bertz CT molecular complexity index is 866. The van der Waals surface area contributed by atoms with Crippen LogP contribution in [-0.2, 0) is 11.2 Å². The largest absolute Gasteiger partial charge is 0.443 e. The van der Waals surface area contributed by atoms with E-state index in [-0.39, 0.29) is 41.5 Å². The van der Waals surface area contributed by atoms with Crippen LogP contribution in [0.5, 0.6) is 0 Å². The first-order valence-corrected chi connectivity index (χ1v) is 9.09. The van der Waals surface area contributed by atoms with E-state index < -0.39 is 0 Å².